The molecule has 0 unspecified atom stereocenters. The normalized spacial score (nSPS) is 22.3. The number of primary amides is 1. The number of aliphatic hydroxyl groups is 1. The van der Waals surface area contributed by atoms with Crippen LogP contribution in [0, 0.1) is 0 Å². The molecule has 1 fully saturated rings. The highest BCUT2D eigenvalue weighted by Gasteiger charge is 2.22. The van der Waals surface area contributed by atoms with Crippen molar-refractivity contribution >= 4 is 17.2 Å². The van der Waals surface area contributed by atoms with Crippen LogP contribution >= 0.6 is 11.3 Å². The third-order valence-corrected chi connectivity index (χ3v) is 5.16. The average molecular weight is 332 g/mol. The Kier molecular flexibility index (Phi) is 4.58. The Morgan fingerprint density at radius 1 is 1.35 bits per heavy atom. The predicted octanol–water partition coefficient (Wildman–Crippen LogP) is 1.45. The van der Waals surface area contributed by atoms with E-state index in [1.54, 1.807) is 16.8 Å². The minimum atomic E-state index is -0.441. The Balaban J connectivity index is 1.89. The number of nitrogens with two attached hydrogens (primary N) is 1. The van der Waals surface area contributed by atoms with Gasteiger partial charge >= 0.3 is 0 Å². The second-order valence-corrected chi connectivity index (χ2v) is 6.76. The van der Waals surface area contributed by atoms with Gasteiger partial charge in [-0.05, 0) is 25.0 Å². The number of benzene rings is 1. The van der Waals surface area contributed by atoms with Crippen LogP contribution in [0.2, 0.25) is 0 Å². The summed E-state index contributed by atoms with van der Waals surface area (Å²) in [4.78, 5) is 16.6. The molecule has 0 saturated heterocycles. The fraction of sp³-hybridized carbons (Fsp3) is 0.438. The topological polar surface area (TPSA) is 93.5 Å². The monoisotopic (exact) mass is 332 g/mol. The molecule has 0 aliphatic heterocycles. The molecule has 7 heteroatoms. The van der Waals surface area contributed by atoms with Gasteiger partial charge in [0.05, 0.1) is 12.1 Å². The summed E-state index contributed by atoms with van der Waals surface area (Å²) >= 11 is 1.48. The summed E-state index contributed by atoms with van der Waals surface area (Å²) in [6.45, 7) is 0. The molecule has 1 saturated carbocycles. The van der Waals surface area contributed by atoms with E-state index in [2.05, 4.69) is 10.1 Å². The van der Waals surface area contributed by atoms with Crippen LogP contribution in [-0.4, -0.2) is 32.9 Å². The van der Waals surface area contributed by atoms with E-state index in [1.165, 1.54) is 11.3 Å². The number of hydrogen-bond donors (Lipinski definition) is 2. The lowest BCUT2D eigenvalue weighted by Crippen LogP contribution is -2.30. The van der Waals surface area contributed by atoms with Crippen LogP contribution in [0.15, 0.2) is 29.3 Å². The molecule has 0 spiro atoms. The number of amides is 1. The third-order valence-electron chi connectivity index (χ3n) is 4.09. The van der Waals surface area contributed by atoms with Crippen LogP contribution in [0.5, 0.6) is 0 Å². The molecule has 1 heterocycles. The molecule has 3 N–H and O–H groups in total. The van der Waals surface area contributed by atoms with E-state index in [-0.39, 0.29) is 12.1 Å². The van der Waals surface area contributed by atoms with Gasteiger partial charge < -0.3 is 10.8 Å². The van der Waals surface area contributed by atoms with Crippen LogP contribution in [0.1, 0.15) is 36.0 Å². The van der Waals surface area contributed by atoms with E-state index in [0.717, 1.165) is 41.1 Å². The summed E-state index contributed by atoms with van der Waals surface area (Å²) in [5, 5.41) is 15.4. The average Bonchev–Trinajstić information content (AvgIpc) is 2.91. The van der Waals surface area contributed by atoms with Crippen molar-refractivity contribution < 1.29 is 9.90 Å². The molecule has 1 aliphatic carbocycles. The van der Waals surface area contributed by atoms with E-state index in [4.69, 9.17) is 5.73 Å². The number of carbonyl (C=O) groups excluding carboxylic acids is 1. The molecule has 122 valence electrons. The summed E-state index contributed by atoms with van der Waals surface area (Å²) in [7, 11) is 1.85. The standard InChI is InChI=1S/C16H20N4O2S/c1-20-16(18-12-4-2-3-5-13(12)21)23-15(19-20)11-8-6-10(7-9-11)14(17)22/h6-9,12-13,21H,2-5H2,1H3,(H2,17,22)/t12-,13+/m1/s1. The zero-order valence-electron chi connectivity index (χ0n) is 13.0. The van der Waals surface area contributed by atoms with Crippen LogP contribution in [0.4, 0.5) is 0 Å². The molecule has 1 amide bonds. The molecule has 23 heavy (non-hydrogen) atoms. The van der Waals surface area contributed by atoms with Gasteiger partial charge in [-0.1, -0.05) is 36.3 Å². The van der Waals surface area contributed by atoms with Crippen LogP contribution in [0.3, 0.4) is 0 Å². The van der Waals surface area contributed by atoms with Crippen molar-refractivity contribution in [2.45, 2.75) is 37.8 Å². The molecule has 3 rings (SSSR count). The van der Waals surface area contributed by atoms with Crippen LogP contribution < -0.4 is 10.5 Å². The fourth-order valence-corrected chi connectivity index (χ4v) is 3.69. The number of aliphatic hydroxyl groups excluding tert-OH is 1. The van der Waals surface area contributed by atoms with E-state index >= 15 is 0 Å². The van der Waals surface area contributed by atoms with Gasteiger partial charge in [-0.25, -0.2) is 4.68 Å². The van der Waals surface area contributed by atoms with Gasteiger partial charge in [0.15, 0.2) is 0 Å². The molecule has 1 aliphatic rings. The van der Waals surface area contributed by atoms with Gasteiger partial charge in [0.2, 0.25) is 10.7 Å². The van der Waals surface area contributed by atoms with E-state index in [0.29, 0.717) is 5.56 Å². The number of hydrogen-bond acceptors (Lipinski definition) is 5. The molecule has 0 radical (unpaired) electrons. The quantitative estimate of drug-likeness (QED) is 0.891. The lowest BCUT2D eigenvalue weighted by molar-refractivity contribution is 0.1000. The van der Waals surface area contributed by atoms with Crippen molar-refractivity contribution in [1.82, 2.24) is 9.78 Å². The Bertz CT molecular complexity index is 763. The van der Waals surface area contributed by atoms with Gasteiger partial charge in [0.25, 0.3) is 0 Å². The Hall–Kier alpha value is -1.99. The largest absolute Gasteiger partial charge is 0.391 e. The molecule has 1 aromatic carbocycles. The van der Waals surface area contributed by atoms with Crippen molar-refractivity contribution in [3.05, 3.63) is 34.6 Å². The Labute approximate surface area is 138 Å². The minimum absolute atomic E-state index is 0.0412. The van der Waals surface area contributed by atoms with Gasteiger partial charge in [0, 0.05) is 18.2 Å². The maximum atomic E-state index is 11.1. The smallest absolute Gasteiger partial charge is 0.248 e. The van der Waals surface area contributed by atoms with Gasteiger partial charge in [-0.15, -0.1) is 0 Å². The highest BCUT2D eigenvalue weighted by Crippen LogP contribution is 2.22. The first-order valence-electron chi connectivity index (χ1n) is 7.71. The Morgan fingerprint density at radius 3 is 2.70 bits per heavy atom. The summed E-state index contributed by atoms with van der Waals surface area (Å²) in [5.74, 6) is -0.441. The number of aryl methyl sites for hydroxylation is 1. The van der Waals surface area contributed by atoms with E-state index in [1.807, 2.05) is 19.2 Å². The number of aromatic nitrogens is 2. The van der Waals surface area contributed by atoms with Gasteiger partial charge in [0.1, 0.15) is 5.01 Å². The molecular formula is C16H20N4O2S. The highest BCUT2D eigenvalue weighted by atomic mass is 32.1. The maximum Gasteiger partial charge on any atom is 0.248 e. The lowest BCUT2D eigenvalue weighted by Gasteiger charge is -2.23. The molecule has 0 bridgehead atoms. The zero-order chi connectivity index (χ0) is 16.4. The van der Waals surface area contributed by atoms with Crippen molar-refractivity contribution in [2.75, 3.05) is 0 Å². The second kappa shape index (κ2) is 6.64. The summed E-state index contributed by atoms with van der Waals surface area (Å²) < 4.78 is 1.74. The number of carbonyl (C=O) groups is 1. The fourth-order valence-electron chi connectivity index (χ4n) is 2.74. The zero-order valence-corrected chi connectivity index (χ0v) is 13.8. The molecular weight excluding hydrogens is 312 g/mol. The number of nitrogens with zero attached hydrogens (tertiary/aromatic N) is 3. The van der Waals surface area contributed by atoms with Crippen LogP contribution in [-0.2, 0) is 7.05 Å². The first-order chi connectivity index (χ1) is 11.0. The van der Waals surface area contributed by atoms with Gasteiger partial charge in [-0.3, -0.25) is 9.79 Å². The first kappa shape index (κ1) is 15.9. The lowest BCUT2D eigenvalue weighted by atomic mass is 9.93. The minimum Gasteiger partial charge on any atom is -0.391 e. The van der Waals surface area contributed by atoms with Crippen molar-refractivity contribution in [3.63, 3.8) is 0 Å². The highest BCUT2D eigenvalue weighted by molar-refractivity contribution is 7.12. The SMILES string of the molecule is Cn1nc(-c2ccc(C(N)=O)cc2)sc1=N[C@@H]1CCCC[C@@H]1O. The van der Waals surface area contributed by atoms with E-state index < -0.39 is 5.91 Å². The summed E-state index contributed by atoms with van der Waals surface area (Å²) in [6, 6.07) is 7.01. The molecule has 6 nitrogen and oxygen atoms in total. The third kappa shape index (κ3) is 3.51. The molecule has 2 aromatic rings. The summed E-state index contributed by atoms with van der Waals surface area (Å²) in [5.41, 5.74) is 6.65. The Morgan fingerprint density at radius 2 is 2.04 bits per heavy atom. The predicted molar refractivity (Wildman–Crippen MR) is 88.9 cm³/mol. The number of rotatable bonds is 3. The summed E-state index contributed by atoms with van der Waals surface area (Å²) in [6.07, 6.45) is 3.55. The first-order valence-corrected chi connectivity index (χ1v) is 8.52. The van der Waals surface area contributed by atoms with E-state index in [9.17, 15) is 9.90 Å². The van der Waals surface area contributed by atoms with Crippen molar-refractivity contribution in [3.8, 4) is 10.6 Å². The second-order valence-electron chi connectivity index (χ2n) is 5.80. The molecule has 1 aromatic heterocycles. The van der Waals surface area contributed by atoms with Crippen molar-refractivity contribution in [1.29, 1.82) is 0 Å². The van der Waals surface area contributed by atoms with Crippen LogP contribution in [0.25, 0.3) is 10.6 Å². The van der Waals surface area contributed by atoms with Gasteiger partial charge in [-0.2, -0.15) is 5.10 Å². The maximum absolute atomic E-state index is 11.1. The molecule has 2 atom stereocenters. The van der Waals surface area contributed by atoms with Crippen molar-refractivity contribution in [2.24, 2.45) is 17.8 Å².